The molecule has 6 nitrogen and oxygen atoms in total. The highest BCUT2D eigenvalue weighted by Crippen LogP contribution is 2.30. The van der Waals surface area contributed by atoms with Gasteiger partial charge < -0.3 is 10.6 Å². The molecule has 0 saturated carbocycles. The summed E-state index contributed by atoms with van der Waals surface area (Å²) < 4.78 is 1.28. The number of anilines is 1. The van der Waals surface area contributed by atoms with Gasteiger partial charge in [-0.05, 0) is 12.1 Å². The number of nitrogens with two attached hydrogens (primary N) is 1. The molecule has 24 heavy (non-hydrogen) atoms. The molecule has 0 saturated heterocycles. The fourth-order valence-electron chi connectivity index (χ4n) is 2.78. The summed E-state index contributed by atoms with van der Waals surface area (Å²) in [6, 6.07) is 19.2. The lowest BCUT2D eigenvalue weighted by atomic mass is 10.1. The third-order valence-corrected chi connectivity index (χ3v) is 3.93. The summed E-state index contributed by atoms with van der Waals surface area (Å²) in [4.78, 5) is 22.7. The van der Waals surface area contributed by atoms with Crippen molar-refractivity contribution in [2.24, 2.45) is 10.7 Å². The van der Waals surface area contributed by atoms with E-state index in [2.05, 4.69) is 9.88 Å². The number of aromatic nitrogens is 2. The first kappa shape index (κ1) is 14.2. The van der Waals surface area contributed by atoms with E-state index in [0.717, 1.165) is 22.8 Å². The first-order valence-corrected chi connectivity index (χ1v) is 7.57. The lowest BCUT2D eigenvalue weighted by Gasteiger charge is -2.29. The van der Waals surface area contributed by atoms with Crippen molar-refractivity contribution in [1.29, 1.82) is 0 Å². The van der Waals surface area contributed by atoms with Gasteiger partial charge in [-0.15, -0.1) is 0 Å². The molecule has 0 atom stereocenters. The largest absolute Gasteiger partial charge is 0.351 e. The zero-order valence-corrected chi connectivity index (χ0v) is 12.8. The van der Waals surface area contributed by atoms with Crippen LogP contribution < -0.4 is 10.6 Å². The molecule has 1 aliphatic heterocycles. The van der Waals surface area contributed by atoms with Gasteiger partial charge in [0.05, 0.1) is 6.54 Å². The number of amidine groups is 1. The van der Waals surface area contributed by atoms with E-state index in [0.29, 0.717) is 12.4 Å². The van der Waals surface area contributed by atoms with Crippen LogP contribution in [-0.4, -0.2) is 21.4 Å². The lowest BCUT2D eigenvalue weighted by Crippen LogP contribution is -2.34. The Kier molecular flexibility index (Phi) is 3.35. The molecule has 3 aromatic rings. The van der Waals surface area contributed by atoms with Crippen LogP contribution in [0.15, 0.2) is 72.0 Å². The lowest BCUT2D eigenvalue weighted by molar-refractivity contribution is 0.250. The molecule has 0 bridgehead atoms. The Bertz CT molecular complexity index is 915. The minimum Gasteiger partial charge on any atom is -0.351 e. The van der Waals surface area contributed by atoms with Gasteiger partial charge >= 0.3 is 6.03 Å². The van der Waals surface area contributed by atoms with Gasteiger partial charge in [0.15, 0.2) is 5.82 Å². The Morgan fingerprint density at radius 3 is 2.33 bits per heavy atom. The minimum atomic E-state index is -0.590. The SMILES string of the molecule is NC(=O)n1cnc2c1N=C(c1ccccc1)N(c1ccccc1)C2. The number of hydrogen-bond acceptors (Lipinski definition) is 4. The van der Waals surface area contributed by atoms with Crippen LogP contribution in [0, 0.1) is 0 Å². The minimum absolute atomic E-state index is 0.494. The fourth-order valence-corrected chi connectivity index (χ4v) is 2.78. The molecule has 2 N–H and O–H groups in total. The molecule has 2 aromatic carbocycles. The van der Waals surface area contributed by atoms with Gasteiger partial charge in [-0.3, -0.25) is 0 Å². The van der Waals surface area contributed by atoms with Crippen molar-refractivity contribution >= 4 is 23.4 Å². The zero-order chi connectivity index (χ0) is 16.5. The van der Waals surface area contributed by atoms with Crippen LogP contribution in [-0.2, 0) is 6.54 Å². The second kappa shape index (κ2) is 5.66. The van der Waals surface area contributed by atoms with E-state index < -0.39 is 6.03 Å². The topological polar surface area (TPSA) is 76.5 Å². The second-order valence-corrected chi connectivity index (χ2v) is 5.45. The third-order valence-electron chi connectivity index (χ3n) is 3.93. The molecule has 0 unspecified atom stereocenters. The molecule has 0 spiro atoms. The second-order valence-electron chi connectivity index (χ2n) is 5.45. The number of para-hydroxylation sites is 1. The van der Waals surface area contributed by atoms with Crippen molar-refractivity contribution in [1.82, 2.24) is 9.55 Å². The standard InChI is InChI=1S/C18H15N5O/c19-18(24)23-12-20-15-11-22(14-9-5-2-6-10-14)16(21-17(15)23)13-7-3-1-4-8-13/h1-10,12H,11H2,(H2,19,24). The van der Waals surface area contributed by atoms with E-state index in [1.54, 1.807) is 0 Å². The van der Waals surface area contributed by atoms with Gasteiger partial charge in [0.25, 0.3) is 0 Å². The fraction of sp³-hybridized carbons (Fsp3) is 0.0556. The van der Waals surface area contributed by atoms with Crippen molar-refractivity contribution in [3.05, 3.63) is 78.2 Å². The van der Waals surface area contributed by atoms with Crippen molar-refractivity contribution in [2.45, 2.75) is 6.54 Å². The summed E-state index contributed by atoms with van der Waals surface area (Å²) >= 11 is 0. The van der Waals surface area contributed by atoms with Gasteiger partial charge in [0.2, 0.25) is 0 Å². The summed E-state index contributed by atoms with van der Waals surface area (Å²) in [7, 11) is 0. The molecule has 2 heterocycles. The number of aliphatic imine (C=N–C) groups is 1. The van der Waals surface area contributed by atoms with Crippen LogP contribution in [0.1, 0.15) is 11.3 Å². The average Bonchev–Trinajstić information content (AvgIpc) is 3.05. The van der Waals surface area contributed by atoms with Crippen LogP contribution in [0.2, 0.25) is 0 Å². The van der Waals surface area contributed by atoms with Crippen LogP contribution in [0.25, 0.3) is 0 Å². The Morgan fingerprint density at radius 2 is 1.67 bits per heavy atom. The maximum Gasteiger partial charge on any atom is 0.325 e. The Morgan fingerprint density at radius 1 is 1.00 bits per heavy atom. The predicted octanol–water partition coefficient (Wildman–Crippen LogP) is 2.91. The number of primary amides is 1. The maximum atomic E-state index is 11.6. The number of imidazole rings is 1. The summed E-state index contributed by atoms with van der Waals surface area (Å²) in [6.07, 6.45) is 1.42. The third kappa shape index (κ3) is 2.34. The number of hydrogen-bond donors (Lipinski definition) is 1. The van der Waals surface area contributed by atoms with Gasteiger partial charge in [-0.1, -0.05) is 48.5 Å². The Hall–Kier alpha value is -3.41. The maximum absolute atomic E-state index is 11.6. The Labute approximate surface area is 138 Å². The molecule has 118 valence electrons. The van der Waals surface area contributed by atoms with Crippen LogP contribution in [0.3, 0.4) is 0 Å². The van der Waals surface area contributed by atoms with E-state index in [1.807, 2.05) is 60.7 Å². The van der Waals surface area contributed by atoms with Crippen molar-refractivity contribution in [3.8, 4) is 0 Å². The van der Waals surface area contributed by atoms with Gasteiger partial charge in [0, 0.05) is 11.3 Å². The van der Waals surface area contributed by atoms with Gasteiger partial charge in [-0.2, -0.15) is 0 Å². The van der Waals surface area contributed by atoms with Crippen molar-refractivity contribution in [2.75, 3.05) is 4.90 Å². The molecule has 0 radical (unpaired) electrons. The molecule has 1 aliphatic rings. The first-order chi connectivity index (χ1) is 11.7. The normalized spacial score (nSPS) is 13.3. The zero-order valence-electron chi connectivity index (χ0n) is 12.8. The number of rotatable bonds is 2. The summed E-state index contributed by atoms with van der Waals surface area (Å²) in [5, 5.41) is 0. The first-order valence-electron chi connectivity index (χ1n) is 7.57. The summed E-state index contributed by atoms with van der Waals surface area (Å²) in [5.74, 6) is 1.26. The number of carbonyl (C=O) groups excluding carboxylic acids is 1. The molecular weight excluding hydrogens is 302 g/mol. The smallest absolute Gasteiger partial charge is 0.325 e. The highest BCUT2D eigenvalue weighted by Gasteiger charge is 2.26. The number of benzene rings is 2. The summed E-state index contributed by atoms with van der Waals surface area (Å²) in [6.45, 7) is 0.521. The molecule has 0 fully saturated rings. The predicted molar refractivity (Wildman–Crippen MR) is 92.5 cm³/mol. The van der Waals surface area contributed by atoms with E-state index in [4.69, 9.17) is 10.7 Å². The number of fused-ring (bicyclic) bond motifs is 1. The highest BCUT2D eigenvalue weighted by molar-refractivity contribution is 6.12. The summed E-state index contributed by atoms with van der Waals surface area (Å²) in [5.41, 5.74) is 8.11. The van der Waals surface area contributed by atoms with E-state index in [9.17, 15) is 4.79 Å². The molecule has 1 amide bonds. The number of carbonyl (C=O) groups is 1. The van der Waals surface area contributed by atoms with E-state index in [-0.39, 0.29) is 0 Å². The molecule has 1 aromatic heterocycles. The molecule has 4 rings (SSSR count). The van der Waals surface area contributed by atoms with Crippen LogP contribution >= 0.6 is 0 Å². The highest BCUT2D eigenvalue weighted by atomic mass is 16.2. The van der Waals surface area contributed by atoms with Crippen molar-refractivity contribution < 1.29 is 4.79 Å². The average molecular weight is 317 g/mol. The van der Waals surface area contributed by atoms with Crippen LogP contribution in [0.5, 0.6) is 0 Å². The van der Waals surface area contributed by atoms with E-state index >= 15 is 0 Å². The monoisotopic (exact) mass is 317 g/mol. The quantitative estimate of drug-likeness (QED) is 0.789. The van der Waals surface area contributed by atoms with Crippen molar-refractivity contribution in [3.63, 3.8) is 0 Å². The van der Waals surface area contributed by atoms with Crippen LogP contribution in [0.4, 0.5) is 16.3 Å². The molecule has 0 aliphatic carbocycles. The number of amides is 1. The van der Waals surface area contributed by atoms with E-state index in [1.165, 1.54) is 10.9 Å². The van der Waals surface area contributed by atoms with Gasteiger partial charge in [0.1, 0.15) is 17.9 Å². The van der Waals surface area contributed by atoms with Gasteiger partial charge in [-0.25, -0.2) is 19.3 Å². The molecule has 6 heteroatoms. The number of nitrogens with zero attached hydrogens (tertiary/aromatic N) is 4. The Balaban J connectivity index is 1.89. The molecular formula is C18H15N5O.